The Morgan fingerprint density at radius 1 is 1.29 bits per heavy atom. The number of nitrogens with zero attached hydrogens (tertiary/aromatic N) is 1. The molecule has 0 unspecified atom stereocenters. The van der Waals surface area contributed by atoms with Crippen LogP contribution in [0.3, 0.4) is 0 Å². The molecule has 1 heterocycles. The molecule has 1 saturated heterocycles. The molecule has 24 heavy (non-hydrogen) atoms. The molecule has 0 radical (unpaired) electrons. The number of ether oxygens (including phenoxy) is 1. The molecule has 0 aliphatic carbocycles. The molecular weight excluding hydrogens is 370 g/mol. The van der Waals surface area contributed by atoms with E-state index in [0.29, 0.717) is 11.8 Å². The molecule has 5 N–H and O–H groups in total. The van der Waals surface area contributed by atoms with Crippen LogP contribution >= 0.6 is 11.8 Å². The highest BCUT2D eigenvalue weighted by Crippen LogP contribution is 2.31. The van der Waals surface area contributed by atoms with Crippen LogP contribution in [-0.2, 0) is 19.4 Å². The second kappa shape index (κ2) is 8.25. The molecule has 1 fully saturated rings. The van der Waals surface area contributed by atoms with E-state index >= 15 is 0 Å². The fraction of sp³-hybridized carbons (Fsp3) is 0.909. The van der Waals surface area contributed by atoms with Gasteiger partial charge in [0, 0.05) is 6.42 Å². The monoisotopic (exact) mass is 390 g/mol. The van der Waals surface area contributed by atoms with E-state index in [2.05, 4.69) is 9.44 Å². The lowest BCUT2D eigenvalue weighted by Gasteiger charge is -2.39. The summed E-state index contributed by atoms with van der Waals surface area (Å²) in [6, 6.07) is 0. The van der Waals surface area contributed by atoms with Crippen molar-refractivity contribution in [3.8, 4) is 0 Å². The second-order valence-electron chi connectivity index (χ2n) is 5.77. The summed E-state index contributed by atoms with van der Waals surface area (Å²) in [6.45, 7) is 2.11. The molecule has 0 aromatic heterocycles. The van der Waals surface area contributed by atoms with Crippen molar-refractivity contribution in [2.24, 2.45) is 5.16 Å². The second-order valence-corrected chi connectivity index (χ2v) is 7.91. The molecule has 142 valence electrons. The van der Waals surface area contributed by atoms with Gasteiger partial charge in [0.25, 0.3) is 10.4 Å². The van der Waals surface area contributed by atoms with E-state index in [1.54, 1.807) is 0 Å². The third-order valence-corrected chi connectivity index (χ3v) is 4.29. The van der Waals surface area contributed by atoms with Gasteiger partial charge in [0.1, 0.15) is 34.9 Å². The van der Waals surface area contributed by atoms with Gasteiger partial charge in [-0.2, -0.15) is 8.42 Å². The first-order valence-corrected chi connectivity index (χ1v) is 8.96. The van der Waals surface area contributed by atoms with Crippen LogP contribution in [0.2, 0.25) is 0 Å². The van der Waals surface area contributed by atoms with E-state index in [0.717, 1.165) is 0 Å². The third-order valence-electron chi connectivity index (χ3n) is 2.91. The number of thioether (sulfide) groups is 1. The van der Waals surface area contributed by atoms with Crippen LogP contribution in [0.4, 0.5) is 0 Å². The Morgan fingerprint density at radius 2 is 1.88 bits per heavy atom. The van der Waals surface area contributed by atoms with Gasteiger partial charge in [-0.1, -0.05) is 16.9 Å². The van der Waals surface area contributed by atoms with Crippen molar-refractivity contribution in [1.82, 2.24) is 0 Å². The van der Waals surface area contributed by atoms with Crippen LogP contribution in [-0.4, -0.2) is 85.6 Å². The Hall–Kier alpha value is -0.510. The van der Waals surface area contributed by atoms with Gasteiger partial charge in [0.2, 0.25) is 0 Å². The maximum Gasteiger partial charge on any atom is 0.284 e. The Morgan fingerprint density at radius 3 is 2.33 bits per heavy atom. The molecule has 1 aliphatic heterocycles. The van der Waals surface area contributed by atoms with Gasteiger partial charge in [-0.3, -0.25) is 4.28 Å². The lowest BCUT2D eigenvalue weighted by molar-refractivity contribution is -0.205. The average molecular weight is 390 g/mol. The third kappa shape index (κ3) is 6.78. The van der Waals surface area contributed by atoms with Crippen molar-refractivity contribution in [1.29, 1.82) is 0 Å². The first-order chi connectivity index (χ1) is 10.8. The highest BCUT2D eigenvalue weighted by atomic mass is 32.3. The van der Waals surface area contributed by atoms with E-state index < -0.39 is 52.5 Å². The van der Waals surface area contributed by atoms with Crippen molar-refractivity contribution < 1.29 is 47.5 Å². The van der Waals surface area contributed by atoms with Gasteiger partial charge in [0.15, 0.2) is 0 Å². The van der Waals surface area contributed by atoms with Gasteiger partial charge < -0.3 is 34.8 Å². The fourth-order valence-corrected chi connectivity index (χ4v) is 3.36. The highest BCUT2D eigenvalue weighted by molar-refractivity contribution is 8.14. The number of hydrogen-bond donors (Lipinski definition) is 5. The number of hydrogen-bond acceptors (Lipinski definition) is 12. The Bertz CT molecular complexity index is 543. The summed E-state index contributed by atoms with van der Waals surface area (Å²) in [5.41, 5.74) is -2.63. The van der Waals surface area contributed by atoms with Crippen molar-refractivity contribution >= 4 is 27.2 Å². The Balaban J connectivity index is 2.95. The predicted octanol–water partition coefficient (Wildman–Crippen LogP) is -2.53. The topological polar surface area (TPSA) is 189 Å². The minimum atomic E-state index is -5.13. The van der Waals surface area contributed by atoms with E-state index in [1.165, 1.54) is 13.8 Å². The number of aliphatic hydroxyl groups is 5. The lowest BCUT2D eigenvalue weighted by atomic mass is 10.0. The van der Waals surface area contributed by atoms with Crippen LogP contribution in [0.15, 0.2) is 5.16 Å². The van der Waals surface area contributed by atoms with Gasteiger partial charge in [-0.05, 0) is 13.8 Å². The largest absolute Gasteiger partial charge is 0.714 e. The van der Waals surface area contributed by atoms with Gasteiger partial charge >= 0.3 is 0 Å². The minimum Gasteiger partial charge on any atom is -0.714 e. The van der Waals surface area contributed by atoms with Crippen LogP contribution in [0, 0.1) is 0 Å². The molecule has 5 atom stereocenters. The average Bonchev–Trinajstić information content (AvgIpc) is 2.43. The Labute approximate surface area is 142 Å². The van der Waals surface area contributed by atoms with Gasteiger partial charge in [-0.25, -0.2) is 0 Å². The van der Waals surface area contributed by atoms with Gasteiger partial charge in [0.05, 0.1) is 12.2 Å². The summed E-state index contributed by atoms with van der Waals surface area (Å²) in [7, 11) is -5.13. The number of oxime groups is 1. The van der Waals surface area contributed by atoms with Crippen molar-refractivity contribution in [3.05, 3.63) is 0 Å². The molecule has 1 rings (SSSR count). The van der Waals surface area contributed by atoms with Crippen molar-refractivity contribution in [3.63, 3.8) is 0 Å². The maximum absolute atomic E-state index is 10.5. The zero-order valence-corrected chi connectivity index (χ0v) is 14.5. The summed E-state index contributed by atoms with van der Waals surface area (Å²) in [5, 5.41) is 51.1. The smallest absolute Gasteiger partial charge is 0.284 e. The van der Waals surface area contributed by atoms with Crippen molar-refractivity contribution in [2.45, 2.75) is 55.7 Å². The SMILES string of the molecule is CC(C)(O)C/C(=N\OS(=O)(=O)[O-])S[C@@H]1O[C@H](CO)[C@@H](O)[C@H](O)[C@H]1O. The molecule has 1 aliphatic rings. The zero-order valence-electron chi connectivity index (χ0n) is 12.8. The molecule has 0 bridgehead atoms. The van der Waals surface area contributed by atoms with E-state index in [1.807, 2.05) is 0 Å². The van der Waals surface area contributed by atoms with Crippen molar-refractivity contribution in [2.75, 3.05) is 6.61 Å². The molecule has 0 aromatic carbocycles. The fourth-order valence-electron chi connectivity index (χ4n) is 1.85. The predicted molar refractivity (Wildman–Crippen MR) is 80.5 cm³/mol. The minimum absolute atomic E-state index is 0.216. The quantitative estimate of drug-likeness (QED) is 0.106. The summed E-state index contributed by atoms with van der Waals surface area (Å²) in [6.07, 6.45) is -6.24. The van der Waals surface area contributed by atoms with E-state index in [9.17, 15) is 33.4 Å². The number of rotatable bonds is 6. The molecule has 11 nitrogen and oxygen atoms in total. The standard InChI is InChI=1S/C11H21NO10S2/c1-11(2,17)3-6(12-22-24(18,19)20)23-10-9(16)8(15)7(14)5(4-13)21-10/h5,7-10,13-17H,3-4H2,1-2H3,(H,18,19,20)/p-1/b12-6+/t5-,7-,8+,9-,10+/m1/s1. The van der Waals surface area contributed by atoms with Crippen LogP contribution in [0.5, 0.6) is 0 Å². The van der Waals surface area contributed by atoms with Gasteiger partial charge in [-0.15, -0.1) is 0 Å². The van der Waals surface area contributed by atoms with Crippen LogP contribution in [0.25, 0.3) is 0 Å². The van der Waals surface area contributed by atoms with E-state index in [4.69, 9.17) is 9.84 Å². The lowest BCUT2D eigenvalue weighted by Crippen LogP contribution is -2.57. The zero-order chi connectivity index (χ0) is 18.7. The van der Waals surface area contributed by atoms with Crippen LogP contribution in [0.1, 0.15) is 20.3 Å². The number of aliphatic hydroxyl groups excluding tert-OH is 4. The molecule has 0 spiro atoms. The normalized spacial score (nSPS) is 32.7. The van der Waals surface area contributed by atoms with E-state index in [-0.39, 0.29) is 11.5 Å². The molecule has 0 amide bonds. The summed E-state index contributed by atoms with van der Waals surface area (Å²) in [4.78, 5) is 0. The maximum atomic E-state index is 10.5. The Kier molecular flexibility index (Phi) is 7.40. The summed E-state index contributed by atoms with van der Waals surface area (Å²) in [5.74, 6) is 0. The molecule has 0 aromatic rings. The summed E-state index contributed by atoms with van der Waals surface area (Å²) >= 11 is 0.573. The molecular formula is C11H20NO10S2-. The highest BCUT2D eigenvalue weighted by Gasteiger charge is 2.44. The summed E-state index contributed by atoms with van der Waals surface area (Å²) < 4.78 is 40.5. The molecule has 0 saturated carbocycles. The first-order valence-electron chi connectivity index (χ1n) is 6.75. The first kappa shape index (κ1) is 21.5. The van der Waals surface area contributed by atoms with Crippen LogP contribution < -0.4 is 0 Å². The molecule has 13 heteroatoms.